The smallest absolute Gasteiger partial charge is 0.191 e. The van der Waals surface area contributed by atoms with Crippen LogP contribution in [0, 0.1) is 11.6 Å². The lowest BCUT2D eigenvalue weighted by Gasteiger charge is -2.20. The van der Waals surface area contributed by atoms with E-state index in [2.05, 4.69) is 20.6 Å². The highest BCUT2D eigenvalue weighted by Gasteiger charge is 2.25. The Morgan fingerprint density at radius 3 is 2.73 bits per heavy atom. The number of halogens is 3. The molecule has 5 nitrogen and oxygen atoms in total. The van der Waals surface area contributed by atoms with Crippen LogP contribution in [-0.4, -0.2) is 37.1 Å². The number of hydrogen-bond donors (Lipinski definition) is 2. The van der Waals surface area contributed by atoms with Gasteiger partial charge in [-0.3, -0.25) is 4.99 Å². The van der Waals surface area contributed by atoms with Crippen molar-refractivity contribution in [3.8, 4) is 0 Å². The molecule has 3 rings (SSSR count). The quantitative estimate of drug-likeness (QED) is 0.408. The summed E-state index contributed by atoms with van der Waals surface area (Å²) in [4.78, 5) is 10.3. The lowest BCUT2D eigenvalue weighted by Crippen LogP contribution is -2.44. The number of rotatable bonds is 4. The Balaban J connectivity index is 0.00000243. The van der Waals surface area contributed by atoms with Gasteiger partial charge in [-0.25, -0.2) is 13.8 Å². The van der Waals surface area contributed by atoms with Gasteiger partial charge in [0.2, 0.25) is 0 Å². The molecular formula is C18H22F2IN5. The fourth-order valence-electron chi connectivity index (χ4n) is 2.86. The van der Waals surface area contributed by atoms with Crippen molar-refractivity contribution >= 4 is 35.8 Å². The monoisotopic (exact) mass is 473 g/mol. The first-order valence-electron chi connectivity index (χ1n) is 8.23. The second-order valence-electron chi connectivity index (χ2n) is 5.94. The Morgan fingerprint density at radius 2 is 2.04 bits per heavy atom. The number of benzene rings is 1. The Kier molecular flexibility index (Phi) is 7.55. The molecular weight excluding hydrogens is 451 g/mol. The first-order valence-corrected chi connectivity index (χ1v) is 8.23. The second kappa shape index (κ2) is 9.65. The van der Waals surface area contributed by atoms with Crippen LogP contribution in [-0.2, 0) is 6.54 Å². The minimum atomic E-state index is -0.304. The van der Waals surface area contributed by atoms with E-state index < -0.39 is 0 Å². The minimum Gasteiger partial charge on any atom is -0.352 e. The van der Waals surface area contributed by atoms with Gasteiger partial charge in [0, 0.05) is 38.9 Å². The molecule has 1 unspecified atom stereocenters. The molecule has 0 radical (unpaired) electrons. The lowest BCUT2D eigenvalue weighted by atomic mass is 10.2. The fourth-order valence-corrected chi connectivity index (χ4v) is 2.86. The summed E-state index contributed by atoms with van der Waals surface area (Å²) in [5.41, 5.74) is 0.966. The fraction of sp³-hybridized carbons (Fsp3) is 0.333. The zero-order chi connectivity index (χ0) is 17.6. The molecule has 1 fully saturated rings. The summed E-state index contributed by atoms with van der Waals surface area (Å²) in [7, 11) is 1.70. The molecule has 140 valence electrons. The minimum absolute atomic E-state index is 0. The Bertz CT molecular complexity index is 739. The third-order valence-corrected chi connectivity index (χ3v) is 4.16. The van der Waals surface area contributed by atoms with E-state index in [1.165, 1.54) is 18.2 Å². The van der Waals surface area contributed by atoms with Crippen LogP contribution < -0.4 is 15.5 Å². The van der Waals surface area contributed by atoms with Crippen molar-refractivity contribution in [3.05, 3.63) is 59.8 Å². The highest BCUT2D eigenvalue weighted by atomic mass is 127. The van der Waals surface area contributed by atoms with Crippen LogP contribution in [0.15, 0.2) is 47.6 Å². The Labute approximate surface area is 168 Å². The van der Waals surface area contributed by atoms with Gasteiger partial charge >= 0.3 is 0 Å². The average Bonchev–Trinajstić information content (AvgIpc) is 3.08. The van der Waals surface area contributed by atoms with Gasteiger partial charge in [-0.15, -0.1) is 24.0 Å². The molecule has 0 saturated carbocycles. The van der Waals surface area contributed by atoms with Crippen LogP contribution >= 0.6 is 24.0 Å². The van der Waals surface area contributed by atoms with Crippen molar-refractivity contribution in [1.82, 2.24) is 15.6 Å². The highest BCUT2D eigenvalue weighted by molar-refractivity contribution is 14.0. The van der Waals surface area contributed by atoms with Crippen LogP contribution in [0.5, 0.6) is 0 Å². The maximum atomic E-state index is 13.8. The van der Waals surface area contributed by atoms with Gasteiger partial charge in [0.1, 0.15) is 5.82 Å². The summed E-state index contributed by atoms with van der Waals surface area (Å²) in [5, 5.41) is 6.55. The van der Waals surface area contributed by atoms with E-state index >= 15 is 0 Å². The molecule has 1 aliphatic heterocycles. The van der Waals surface area contributed by atoms with E-state index in [9.17, 15) is 8.78 Å². The largest absolute Gasteiger partial charge is 0.352 e. The molecule has 2 heterocycles. The number of anilines is 1. The topological polar surface area (TPSA) is 52.6 Å². The SMILES string of the molecule is CN=C(NCc1ccc(F)cc1)NC1CCN(c2ncccc2F)C1.I. The number of aliphatic imine (C=N–C) groups is 1. The van der Waals surface area contributed by atoms with Crippen molar-refractivity contribution in [2.75, 3.05) is 25.0 Å². The van der Waals surface area contributed by atoms with Gasteiger partial charge in [-0.2, -0.15) is 0 Å². The van der Waals surface area contributed by atoms with E-state index in [1.807, 2.05) is 4.90 Å². The van der Waals surface area contributed by atoms with Crippen molar-refractivity contribution < 1.29 is 8.78 Å². The zero-order valence-electron chi connectivity index (χ0n) is 14.5. The number of nitrogens with one attached hydrogen (secondary N) is 2. The molecule has 1 aromatic heterocycles. The number of guanidine groups is 1. The standard InChI is InChI=1S/C18H21F2N5.HI/c1-21-18(23-11-13-4-6-14(19)7-5-13)24-15-8-10-25(12-15)17-16(20)3-2-9-22-17;/h2-7,9,15H,8,10-12H2,1H3,(H2,21,23,24);1H. The van der Waals surface area contributed by atoms with Gasteiger partial charge < -0.3 is 15.5 Å². The zero-order valence-corrected chi connectivity index (χ0v) is 16.8. The molecule has 0 bridgehead atoms. The summed E-state index contributed by atoms with van der Waals surface area (Å²) in [6.07, 6.45) is 2.47. The normalized spacial score (nSPS) is 17.0. The Hall–Kier alpha value is -1.97. The van der Waals surface area contributed by atoms with Gasteiger partial charge in [0.05, 0.1) is 0 Å². The molecule has 1 aliphatic rings. The molecule has 2 aromatic rings. The predicted molar refractivity (Wildman–Crippen MR) is 110 cm³/mol. The number of nitrogens with zero attached hydrogens (tertiary/aromatic N) is 3. The van der Waals surface area contributed by atoms with E-state index in [1.54, 1.807) is 31.4 Å². The molecule has 26 heavy (non-hydrogen) atoms. The van der Waals surface area contributed by atoms with Crippen molar-refractivity contribution in [2.24, 2.45) is 4.99 Å². The van der Waals surface area contributed by atoms with Crippen LogP contribution in [0.4, 0.5) is 14.6 Å². The van der Waals surface area contributed by atoms with Crippen LogP contribution in [0.2, 0.25) is 0 Å². The van der Waals surface area contributed by atoms with Crippen molar-refractivity contribution in [1.29, 1.82) is 0 Å². The summed E-state index contributed by atoms with van der Waals surface area (Å²) < 4.78 is 26.8. The number of hydrogen-bond acceptors (Lipinski definition) is 3. The molecule has 0 amide bonds. The van der Waals surface area contributed by atoms with Crippen molar-refractivity contribution in [3.63, 3.8) is 0 Å². The maximum absolute atomic E-state index is 13.8. The van der Waals surface area contributed by atoms with E-state index in [0.717, 1.165) is 18.5 Å². The van der Waals surface area contributed by atoms with E-state index in [4.69, 9.17) is 0 Å². The molecule has 0 spiro atoms. The molecule has 0 aliphatic carbocycles. The Morgan fingerprint density at radius 1 is 1.27 bits per heavy atom. The van der Waals surface area contributed by atoms with E-state index in [0.29, 0.717) is 24.9 Å². The lowest BCUT2D eigenvalue weighted by molar-refractivity contribution is 0.612. The predicted octanol–water partition coefficient (Wildman–Crippen LogP) is 2.92. The van der Waals surface area contributed by atoms with Crippen LogP contribution in [0.3, 0.4) is 0 Å². The molecule has 1 saturated heterocycles. The summed E-state index contributed by atoms with van der Waals surface area (Å²) >= 11 is 0. The van der Waals surface area contributed by atoms with Crippen molar-refractivity contribution in [2.45, 2.75) is 19.0 Å². The third-order valence-electron chi connectivity index (χ3n) is 4.16. The van der Waals surface area contributed by atoms with Gasteiger partial charge in [-0.05, 0) is 36.2 Å². The summed E-state index contributed by atoms with van der Waals surface area (Å²) in [5.74, 6) is 0.500. The van der Waals surface area contributed by atoms with Gasteiger partial charge in [0.25, 0.3) is 0 Å². The highest BCUT2D eigenvalue weighted by Crippen LogP contribution is 2.20. The average molecular weight is 473 g/mol. The number of aromatic nitrogens is 1. The maximum Gasteiger partial charge on any atom is 0.191 e. The molecule has 1 atom stereocenters. The summed E-state index contributed by atoms with van der Waals surface area (Å²) in [6, 6.07) is 9.50. The first-order chi connectivity index (χ1) is 12.2. The van der Waals surface area contributed by atoms with Gasteiger partial charge in [0.15, 0.2) is 17.6 Å². The second-order valence-corrected chi connectivity index (χ2v) is 5.94. The third kappa shape index (κ3) is 5.26. The number of pyridine rings is 1. The van der Waals surface area contributed by atoms with Crippen LogP contribution in [0.25, 0.3) is 0 Å². The first kappa shape index (κ1) is 20.3. The van der Waals surface area contributed by atoms with Crippen LogP contribution in [0.1, 0.15) is 12.0 Å². The van der Waals surface area contributed by atoms with E-state index in [-0.39, 0.29) is 41.7 Å². The molecule has 8 heteroatoms. The molecule has 2 N–H and O–H groups in total. The molecule has 1 aromatic carbocycles. The summed E-state index contributed by atoms with van der Waals surface area (Å²) in [6.45, 7) is 1.94. The van der Waals surface area contributed by atoms with Gasteiger partial charge in [-0.1, -0.05) is 12.1 Å².